The molecule has 3 aliphatic carbocycles. The largest absolute Gasteiger partial charge is 0.206 e. The van der Waals surface area contributed by atoms with E-state index in [0.717, 1.165) is 0 Å². The summed E-state index contributed by atoms with van der Waals surface area (Å²) in [5.74, 6) is 1.15. The maximum atomic E-state index is 13.7. The van der Waals surface area contributed by atoms with Crippen LogP contribution in [0.4, 0.5) is 4.39 Å². The first-order valence-corrected chi connectivity index (χ1v) is 7.48. The van der Waals surface area contributed by atoms with Gasteiger partial charge in [-0.15, -0.1) is 11.3 Å². The second-order valence-corrected chi connectivity index (χ2v) is 6.72. The molecular weight excluding hydrogens is 299 g/mol. The van der Waals surface area contributed by atoms with E-state index in [2.05, 4.69) is 27.4 Å². The van der Waals surface area contributed by atoms with Crippen molar-refractivity contribution in [1.29, 1.82) is 0 Å². The number of hydrogen-bond acceptors (Lipinski definition) is 1. The Balaban J connectivity index is 2.06. The summed E-state index contributed by atoms with van der Waals surface area (Å²) in [5, 5.41) is 2.16. The molecule has 1 fully saturated rings. The summed E-state index contributed by atoms with van der Waals surface area (Å²) >= 11 is 5.15. The number of rotatable bonds is 0. The molecule has 0 unspecified atom stereocenters. The molecule has 2 bridgehead atoms. The Morgan fingerprint density at radius 2 is 2.00 bits per heavy atom. The summed E-state index contributed by atoms with van der Waals surface area (Å²) < 4.78 is 14.3. The van der Waals surface area contributed by atoms with Gasteiger partial charge in [-0.2, -0.15) is 0 Å². The second kappa shape index (κ2) is 3.42. The van der Waals surface area contributed by atoms with Crippen LogP contribution >= 0.6 is 27.3 Å². The van der Waals surface area contributed by atoms with Gasteiger partial charge in [0.1, 0.15) is 5.82 Å². The first kappa shape index (κ1) is 10.3. The topological polar surface area (TPSA) is 0 Å². The third kappa shape index (κ3) is 1.33. The third-order valence-electron chi connectivity index (χ3n) is 4.03. The smallest absolute Gasteiger partial charge is 0.137 e. The van der Waals surface area contributed by atoms with E-state index in [4.69, 9.17) is 0 Å². The molecule has 0 radical (unpaired) electrons. The average molecular weight is 309 g/mol. The van der Waals surface area contributed by atoms with Gasteiger partial charge in [0, 0.05) is 4.88 Å². The zero-order valence-corrected chi connectivity index (χ0v) is 11.4. The molecule has 0 atom stereocenters. The van der Waals surface area contributed by atoms with Crippen LogP contribution in [0.2, 0.25) is 0 Å². The first-order chi connectivity index (χ1) is 8.24. The number of benzene rings is 1. The van der Waals surface area contributed by atoms with E-state index in [1.54, 1.807) is 6.07 Å². The molecule has 0 amide bonds. The lowest BCUT2D eigenvalue weighted by Gasteiger charge is -2.33. The number of hydrogen-bond donors (Lipinski definition) is 0. The van der Waals surface area contributed by atoms with Crippen LogP contribution < -0.4 is 0 Å². The van der Waals surface area contributed by atoms with Crippen molar-refractivity contribution in [3.05, 3.63) is 44.3 Å². The van der Waals surface area contributed by atoms with Gasteiger partial charge in [-0.25, -0.2) is 4.39 Å². The van der Waals surface area contributed by atoms with E-state index in [1.165, 1.54) is 34.4 Å². The fraction of sp³-hybridized carbons (Fsp3) is 0.286. The SMILES string of the molecule is Fc1cc2c(cc1Br)-c1ccsc1C1CC2C1. The maximum Gasteiger partial charge on any atom is 0.137 e. The molecule has 0 spiro atoms. The van der Waals surface area contributed by atoms with Gasteiger partial charge in [0.2, 0.25) is 0 Å². The van der Waals surface area contributed by atoms with E-state index in [-0.39, 0.29) is 5.82 Å². The van der Waals surface area contributed by atoms with Crippen LogP contribution in [0.1, 0.15) is 35.1 Å². The molecule has 0 nitrogen and oxygen atoms in total. The van der Waals surface area contributed by atoms with E-state index in [9.17, 15) is 4.39 Å². The highest BCUT2D eigenvalue weighted by Gasteiger charge is 2.38. The molecule has 1 heterocycles. The normalized spacial score (nSPS) is 24.6. The van der Waals surface area contributed by atoms with Crippen molar-refractivity contribution >= 4 is 27.3 Å². The molecule has 86 valence electrons. The summed E-state index contributed by atoms with van der Waals surface area (Å²) in [6.45, 7) is 0. The van der Waals surface area contributed by atoms with Crippen molar-refractivity contribution in [1.82, 2.24) is 0 Å². The van der Waals surface area contributed by atoms with Gasteiger partial charge in [-0.3, -0.25) is 0 Å². The Hall–Kier alpha value is -0.670. The lowest BCUT2D eigenvalue weighted by Crippen LogP contribution is -2.17. The standard InChI is InChI=1S/C14H10BrFS/c15-12-5-11-9-1-2-17-14(9)8-3-7(4-8)10(11)6-13(12)16/h1-2,5-8H,3-4H2. The summed E-state index contributed by atoms with van der Waals surface area (Å²) in [6.07, 6.45) is 2.39. The molecule has 3 heteroatoms. The van der Waals surface area contributed by atoms with Gasteiger partial charge in [0.05, 0.1) is 4.47 Å². The molecule has 0 saturated heterocycles. The van der Waals surface area contributed by atoms with Crippen molar-refractivity contribution in [2.75, 3.05) is 0 Å². The Bertz CT molecular complexity index is 611. The lowest BCUT2D eigenvalue weighted by molar-refractivity contribution is 0.360. The van der Waals surface area contributed by atoms with Gasteiger partial charge >= 0.3 is 0 Å². The van der Waals surface area contributed by atoms with Crippen molar-refractivity contribution in [3.8, 4) is 11.1 Å². The van der Waals surface area contributed by atoms with E-state index < -0.39 is 0 Å². The van der Waals surface area contributed by atoms with Crippen molar-refractivity contribution in [2.45, 2.75) is 24.7 Å². The van der Waals surface area contributed by atoms with E-state index in [0.29, 0.717) is 16.3 Å². The van der Waals surface area contributed by atoms with Crippen molar-refractivity contribution in [3.63, 3.8) is 0 Å². The Kier molecular flexibility index (Phi) is 2.07. The molecule has 1 aromatic heterocycles. The third-order valence-corrected chi connectivity index (χ3v) is 5.71. The van der Waals surface area contributed by atoms with Crippen LogP contribution in [-0.2, 0) is 0 Å². The fourth-order valence-corrected chi connectivity index (χ4v) is 4.46. The molecule has 0 N–H and O–H groups in total. The van der Waals surface area contributed by atoms with Crippen LogP contribution in [0.3, 0.4) is 0 Å². The van der Waals surface area contributed by atoms with Gasteiger partial charge in [0.15, 0.2) is 0 Å². The van der Waals surface area contributed by atoms with Crippen LogP contribution in [0.15, 0.2) is 28.1 Å². The second-order valence-electron chi connectivity index (χ2n) is 4.92. The summed E-state index contributed by atoms with van der Waals surface area (Å²) in [4.78, 5) is 1.50. The van der Waals surface area contributed by atoms with E-state index >= 15 is 0 Å². The highest BCUT2D eigenvalue weighted by Crippen LogP contribution is 2.57. The molecule has 1 aromatic carbocycles. The van der Waals surface area contributed by atoms with Crippen molar-refractivity contribution in [2.24, 2.45) is 0 Å². The average Bonchev–Trinajstić information content (AvgIpc) is 2.62. The zero-order valence-electron chi connectivity index (χ0n) is 9.04. The Morgan fingerprint density at radius 3 is 2.82 bits per heavy atom. The molecule has 1 saturated carbocycles. The van der Waals surface area contributed by atoms with Gasteiger partial charge in [-0.1, -0.05) is 0 Å². The van der Waals surface area contributed by atoms with Gasteiger partial charge in [-0.05, 0) is 80.9 Å². The highest BCUT2D eigenvalue weighted by molar-refractivity contribution is 9.10. The lowest BCUT2D eigenvalue weighted by atomic mass is 9.72. The maximum absolute atomic E-state index is 13.7. The molecule has 2 aromatic rings. The molecule has 0 aliphatic heterocycles. The minimum atomic E-state index is -0.133. The molecule has 17 heavy (non-hydrogen) atoms. The summed E-state index contributed by atoms with van der Waals surface area (Å²) in [6, 6.07) is 5.87. The summed E-state index contributed by atoms with van der Waals surface area (Å²) in [5.41, 5.74) is 3.77. The van der Waals surface area contributed by atoms with Crippen LogP contribution in [-0.4, -0.2) is 0 Å². The van der Waals surface area contributed by atoms with E-state index in [1.807, 2.05) is 17.4 Å². The zero-order chi connectivity index (χ0) is 11.6. The van der Waals surface area contributed by atoms with Crippen molar-refractivity contribution < 1.29 is 4.39 Å². The van der Waals surface area contributed by atoms with Gasteiger partial charge < -0.3 is 0 Å². The minimum absolute atomic E-state index is 0.133. The van der Waals surface area contributed by atoms with Crippen LogP contribution in [0.25, 0.3) is 11.1 Å². The number of thiophene rings is 1. The number of halogens is 2. The molecular formula is C14H10BrFS. The van der Waals surface area contributed by atoms with Gasteiger partial charge in [0.25, 0.3) is 0 Å². The fourth-order valence-electron chi connectivity index (χ4n) is 3.08. The minimum Gasteiger partial charge on any atom is -0.206 e. The first-order valence-electron chi connectivity index (χ1n) is 5.80. The molecule has 3 aliphatic rings. The monoisotopic (exact) mass is 308 g/mol. The quantitative estimate of drug-likeness (QED) is 0.620. The molecule has 5 rings (SSSR count). The Labute approximate surface area is 112 Å². The van der Waals surface area contributed by atoms with Crippen LogP contribution in [0, 0.1) is 5.82 Å². The highest BCUT2D eigenvalue weighted by atomic mass is 79.9. The predicted molar refractivity (Wildman–Crippen MR) is 72.1 cm³/mol. The predicted octanol–water partition coefficient (Wildman–Crippen LogP) is 5.29. The Morgan fingerprint density at radius 1 is 1.18 bits per heavy atom. The summed E-state index contributed by atoms with van der Waals surface area (Å²) in [7, 11) is 0. The van der Waals surface area contributed by atoms with Crippen LogP contribution in [0.5, 0.6) is 0 Å².